The molecule has 1 aromatic carbocycles. The molecular weight excluding hydrogens is 302 g/mol. The Morgan fingerprint density at radius 1 is 1.29 bits per heavy atom. The number of hydrogen-bond acceptors (Lipinski definition) is 2. The zero-order chi connectivity index (χ0) is 12.0. The SMILES string of the molecule is CC(C)CC(O)CNCc1ccccc1Br.Cl. The van der Waals surface area contributed by atoms with Crippen molar-refractivity contribution in [2.75, 3.05) is 6.54 Å². The van der Waals surface area contributed by atoms with Crippen LogP contribution in [0.1, 0.15) is 25.8 Å². The summed E-state index contributed by atoms with van der Waals surface area (Å²) in [5.41, 5.74) is 1.22. The topological polar surface area (TPSA) is 32.3 Å². The molecule has 0 aromatic heterocycles. The van der Waals surface area contributed by atoms with Crippen molar-refractivity contribution in [3.63, 3.8) is 0 Å². The van der Waals surface area contributed by atoms with Gasteiger partial charge in [0.1, 0.15) is 0 Å². The van der Waals surface area contributed by atoms with Crippen LogP contribution in [0.2, 0.25) is 0 Å². The van der Waals surface area contributed by atoms with Gasteiger partial charge in [-0.15, -0.1) is 12.4 Å². The second kappa shape index (κ2) is 8.92. The maximum atomic E-state index is 9.69. The number of nitrogens with one attached hydrogen (secondary N) is 1. The van der Waals surface area contributed by atoms with E-state index in [-0.39, 0.29) is 18.5 Å². The van der Waals surface area contributed by atoms with Gasteiger partial charge in [0.25, 0.3) is 0 Å². The molecule has 17 heavy (non-hydrogen) atoms. The van der Waals surface area contributed by atoms with E-state index in [9.17, 15) is 5.11 Å². The minimum atomic E-state index is -0.248. The van der Waals surface area contributed by atoms with Gasteiger partial charge in [0.05, 0.1) is 6.10 Å². The molecule has 0 aliphatic rings. The number of rotatable bonds is 6. The van der Waals surface area contributed by atoms with E-state index in [1.54, 1.807) is 0 Å². The van der Waals surface area contributed by atoms with E-state index >= 15 is 0 Å². The lowest BCUT2D eigenvalue weighted by Crippen LogP contribution is -2.27. The average Bonchev–Trinajstić information content (AvgIpc) is 2.19. The number of benzene rings is 1. The molecule has 98 valence electrons. The van der Waals surface area contributed by atoms with Crippen molar-refractivity contribution in [3.8, 4) is 0 Å². The van der Waals surface area contributed by atoms with Crippen molar-refractivity contribution in [1.29, 1.82) is 0 Å². The highest BCUT2D eigenvalue weighted by molar-refractivity contribution is 9.10. The van der Waals surface area contributed by atoms with Gasteiger partial charge in [-0.1, -0.05) is 48.0 Å². The minimum absolute atomic E-state index is 0. The van der Waals surface area contributed by atoms with Gasteiger partial charge in [0.2, 0.25) is 0 Å². The third-order valence-corrected chi connectivity index (χ3v) is 3.17. The van der Waals surface area contributed by atoms with E-state index < -0.39 is 0 Å². The van der Waals surface area contributed by atoms with Crippen LogP contribution in [-0.4, -0.2) is 17.8 Å². The van der Waals surface area contributed by atoms with Gasteiger partial charge in [-0.3, -0.25) is 0 Å². The second-order valence-electron chi connectivity index (χ2n) is 4.51. The maximum absolute atomic E-state index is 9.69. The molecule has 0 aliphatic carbocycles. The lowest BCUT2D eigenvalue weighted by atomic mass is 10.1. The van der Waals surface area contributed by atoms with Crippen molar-refractivity contribution in [2.45, 2.75) is 32.9 Å². The van der Waals surface area contributed by atoms with Crippen LogP contribution in [0.15, 0.2) is 28.7 Å². The van der Waals surface area contributed by atoms with Crippen LogP contribution in [0.4, 0.5) is 0 Å². The van der Waals surface area contributed by atoms with Crippen LogP contribution in [0.3, 0.4) is 0 Å². The largest absolute Gasteiger partial charge is 0.392 e. The first-order valence-corrected chi connectivity index (χ1v) is 6.51. The summed E-state index contributed by atoms with van der Waals surface area (Å²) in [6.07, 6.45) is 0.602. The van der Waals surface area contributed by atoms with Gasteiger partial charge in [-0.2, -0.15) is 0 Å². The normalized spacial score (nSPS) is 12.3. The quantitative estimate of drug-likeness (QED) is 0.841. The number of aliphatic hydroxyl groups is 1. The smallest absolute Gasteiger partial charge is 0.0667 e. The van der Waals surface area contributed by atoms with Gasteiger partial charge >= 0.3 is 0 Å². The lowest BCUT2D eigenvalue weighted by molar-refractivity contribution is 0.146. The third-order valence-electron chi connectivity index (χ3n) is 2.40. The lowest BCUT2D eigenvalue weighted by Gasteiger charge is -2.14. The molecule has 1 atom stereocenters. The summed E-state index contributed by atoms with van der Waals surface area (Å²) in [6, 6.07) is 8.13. The highest BCUT2D eigenvalue weighted by Gasteiger charge is 2.06. The highest BCUT2D eigenvalue weighted by atomic mass is 79.9. The van der Waals surface area contributed by atoms with Gasteiger partial charge in [-0.05, 0) is 24.0 Å². The fourth-order valence-electron chi connectivity index (χ4n) is 1.64. The molecule has 0 heterocycles. The fraction of sp³-hybridized carbons (Fsp3) is 0.538. The molecule has 0 radical (unpaired) electrons. The summed E-state index contributed by atoms with van der Waals surface area (Å²) in [6.45, 7) is 5.68. The molecule has 0 amide bonds. The van der Waals surface area contributed by atoms with Crippen molar-refractivity contribution >= 4 is 28.3 Å². The van der Waals surface area contributed by atoms with Crippen LogP contribution in [0, 0.1) is 5.92 Å². The average molecular weight is 323 g/mol. The summed E-state index contributed by atoms with van der Waals surface area (Å²) in [4.78, 5) is 0. The summed E-state index contributed by atoms with van der Waals surface area (Å²) in [7, 11) is 0. The number of aliphatic hydroxyl groups excluding tert-OH is 1. The molecule has 0 saturated carbocycles. The highest BCUT2D eigenvalue weighted by Crippen LogP contribution is 2.15. The van der Waals surface area contributed by atoms with Crippen LogP contribution in [0.5, 0.6) is 0 Å². The molecule has 1 rings (SSSR count). The molecule has 0 fully saturated rings. The first-order chi connectivity index (χ1) is 7.59. The van der Waals surface area contributed by atoms with E-state index in [2.05, 4.69) is 41.2 Å². The number of halogens is 2. The Hall–Kier alpha value is -0.0900. The molecule has 1 aromatic rings. The standard InChI is InChI=1S/C13H20BrNO.ClH/c1-10(2)7-12(16)9-15-8-11-5-3-4-6-13(11)14;/h3-6,10,12,15-16H,7-9H2,1-2H3;1H. The van der Waals surface area contributed by atoms with Crippen LogP contribution in [0.25, 0.3) is 0 Å². The molecule has 0 spiro atoms. The number of hydrogen-bond donors (Lipinski definition) is 2. The Labute approximate surface area is 118 Å². The first kappa shape index (κ1) is 16.9. The van der Waals surface area contributed by atoms with E-state index in [1.807, 2.05) is 18.2 Å². The molecule has 2 nitrogen and oxygen atoms in total. The van der Waals surface area contributed by atoms with E-state index in [1.165, 1.54) is 5.56 Å². The van der Waals surface area contributed by atoms with Gasteiger partial charge < -0.3 is 10.4 Å². The van der Waals surface area contributed by atoms with Gasteiger partial charge in [0.15, 0.2) is 0 Å². The van der Waals surface area contributed by atoms with Gasteiger partial charge in [-0.25, -0.2) is 0 Å². The summed E-state index contributed by atoms with van der Waals surface area (Å²) >= 11 is 3.50. The zero-order valence-corrected chi connectivity index (χ0v) is 12.7. The van der Waals surface area contributed by atoms with Gasteiger partial charge in [0, 0.05) is 17.6 Å². The Kier molecular flexibility index (Phi) is 8.88. The Balaban J connectivity index is 0.00000256. The molecule has 0 bridgehead atoms. The van der Waals surface area contributed by atoms with E-state index in [0.29, 0.717) is 12.5 Å². The predicted octanol–water partition coefficient (Wildman–Crippen LogP) is 3.37. The molecular formula is C13H21BrClNO. The van der Waals surface area contributed by atoms with Crippen molar-refractivity contribution < 1.29 is 5.11 Å². The van der Waals surface area contributed by atoms with Crippen LogP contribution in [-0.2, 0) is 6.54 Å². The maximum Gasteiger partial charge on any atom is 0.0667 e. The third kappa shape index (κ3) is 7.04. The zero-order valence-electron chi connectivity index (χ0n) is 10.3. The Morgan fingerprint density at radius 3 is 2.53 bits per heavy atom. The Morgan fingerprint density at radius 2 is 1.94 bits per heavy atom. The molecule has 1 unspecified atom stereocenters. The van der Waals surface area contributed by atoms with Crippen LogP contribution >= 0.6 is 28.3 Å². The Bertz CT molecular complexity index is 320. The minimum Gasteiger partial charge on any atom is -0.392 e. The van der Waals surface area contributed by atoms with E-state index in [4.69, 9.17) is 0 Å². The summed E-state index contributed by atoms with van der Waals surface area (Å²) in [5.74, 6) is 0.542. The summed E-state index contributed by atoms with van der Waals surface area (Å²) < 4.78 is 1.11. The fourth-order valence-corrected chi connectivity index (χ4v) is 2.07. The monoisotopic (exact) mass is 321 g/mol. The summed E-state index contributed by atoms with van der Waals surface area (Å²) in [5, 5.41) is 13.0. The van der Waals surface area contributed by atoms with Crippen molar-refractivity contribution in [1.82, 2.24) is 5.32 Å². The van der Waals surface area contributed by atoms with Crippen LogP contribution < -0.4 is 5.32 Å². The molecule has 2 N–H and O–H groups in total. The first-order valence-electron chi connectivity index (χ1n) is 5.71. The molecule has 4 heteroatoms. The molecule has 0 aliphatic heterocycles. The van der Waals surface area contributed by atoms with E-state index in [0.717, 1.165) is 17.4 Å². The molecule has 0 saturated heterocycles. The van der Waals surface area contributed by atoms with Crippen molar-refractivity contribution in [2.24, 2.45) is 5.92 Å². The van der Waals surface area contributed by atoms with Crippen molar-refractivity contribution in [3.05, 3.63) is 34.3 Å². The second-order valence-corrected chi connectivity index (χ2v) is 5.36. The predicted molar refractivity (Wildman–Crippen MR) is 78.6 cm³/mol.